The molecule has 0 aliphatic carbocycles. The van der Waals surface area contributed by atoms with Crippen molar-refractivity contribution in [3.63, 3.8) is 0 Å². The lowest BCUT2D eigenvalue weighted by Crippen LogP contribution is -2.45. The molecule has 0 bridgehead atoms. The predicted molar refractivity (Wildman–Crippen MR) is 76.5 cm³/mol. The summed E-state index contributed by atoms with van der Waals surface area (Å²) in [4.78, 5) is 13.0. The van der Waals surface area contributed by atoms with Crippen molar-refractivity contribution in [3.8, 4) is 0 Å². The van der Waals surface area contributed by atoms with Gasteiger partial charge >= 0.3 is 0 Å². The van der Waals surface area contributed by atoms with E-state index in [1.807, 2.05) is 0 Å². The molecule has 1 aromatic heterocycles. The quantitative estimate of drug-likeness (QED) is 0.642. The standard InChI is InChI=1S/C11H19BrN6/c1-17(2)8-4-3-5-18(6-8)11-9(12)10(16-13)14-7-15-11/h7-8H,3-6,13H2,1-2H3,(H,14,15,16). The molecule has 6 nitrogen and oxygen atoms in total. The fourth-order valence-electron chi connectivity index (χ4n) is 2.25. The number of piperidine rings is 1. The Labute approximate surface area is 116 Å². The lowest BCUT2D eigenvalue weighted by Gasteiger charge is -2.37. The highest BCUT2D eigenvalue weighted by Crippen LogP contribution is 2.30. The Balaban J connectivity index is 2.20. The second kappa shape index (κ2) is 5.81. The van der Waals surface area contributed by atoms with E-state index in [1.54, 1.807) is 0 Å². The lowest BCUT2D eigenvalue weighted by molar-refractivity contribution is 0.257. The first-order valence-electron chi connectivity index (χ1n) is 6.02. The van der Waals surface area contributed by atoms with Crippen LogP contribution < -0.4 is 16.2 Å². The number of nitrogen functional groups attached to an aromatic ring is 1. The molecule has 2 heterocycles. The van der Waals surface area contributed by atoms with Gasteiger partial charge in [-0.05, 0) is 42.9 Å². The molecule has 0 spiro atoms. The summed E-state index contributed by atoms with van der Waals surface area (Å²) in [5, 5.41) is 0. The second-order valence-electron chi connectivity index (χ2n) is 4.71. The molecular weight excluding hydrogens is 296 g/mol. The molecule has 0 radical (unpaired) electrons. The summed E-state index contributed by atoms with van der Waals surface area (Å²) >= 11 is 3.51. The SMILES string of the molecule is CN(C)C1CCCN(c2ncnc(NN)c2Br)C1. The Kier molecular flexibility index (Phi) is 4.36. The zero-order chi connectivity index (χ0) is 13.1. The molecule has 1 fully saturated rings. The minimum Gasteiger partial charge on any atom is -0.354 e. The molecular formula is C11H19BrN6. The van der Waals surface area contributed by atoms with Crippen molar-refractivity contribution in [2.45, 2.75) is 18.9 Å². The van der Waals surface area contributed by atoms with Crippen LogP contribution in [0.1, 0.15) is 12.8 Å². The van der Waals surface area contributed by atoms with Crippen molar-refractivity contribution in [2.75, 3.05) is 37.5 Å². The van der Waals surface area contributed by atoms with Crippen molar-refractivity contribution in [1.29, 1.82) is 0 Å². The molecule has 0 amide bonds. The topological polar surface area (TPSA) is 70.3 Å². The molecule has 0 saturated carbocycles. The molecule has 7 heteroatoms. The summed E-state index contributed by atoms with van der Waals surface area (Å²) in [7, 11) is 4.24. The van der Waals surface area contributed by atoms with Gasteiger partial charge in [-0.1, -0.05) is 0 Å². The zero-order valence-electron chi connectivity index (χ0n) is 10.7. The van der Waals surface area contributed by atoms with Crippen LogP contribution in [0.5, 0.6) is 0 Å². The number of rotatable bonds is 3. The zero-order valence-corrected chi connectivity index (χ0v) is 12.3. The smallest absolute Gasteiger partial charge is 0.159 e. The van der Waals surface area contributed by atoms with Gasteiger partial charge in [0.05, 0.1) is 0 Å². The van der Waals surface area contributed by atoms with Gasteiger partial charge in [-0.2, -0.15) is 0 Å². The summed E-state index contributed by atoms with van der Waals surface area (Å²) in [6, 6.07) is 0.565. The molecule has 1 aromatic rings. The molecule has 2 rings (SSSR count). The Bertz CT molecular complexity index is 411. The van der Waals surface area contributed by atoms with E-state index in [1.165, 1.54) is 19.2 Å². The fourth-order valence-corrected chi connectivity index (χ4v) is 2.82. The maximum atomic E-state index is 5.43. The number of likely N-dealkylation sites (N-methyl/N-ethyl adjacent to an activating group) is 1. The number of hydrogen-bond acceptors (Lipinski definition) is 6. The maximum absolute atomic E-state index is 5.43. The molecule has 0 aromatic carbocycles. The van der Waals surface area contributed by atoms with E-state index in [0.717, 1.165) is 23.4 Å². The van der Waals surface area contributed by atoms with Crippen LogP contribution >= 0.6 is 15.9 Å². The third-order valence-corrected chi connectivity index (χ3v) is 4.06. The summed E-state index contributed by atoms with van der Waals surface area (Å²) in [6.07, 6.45) is 3.94. The summed E-state index contributed by atoms with van der Waals surface area (Å²) in [6.45, 7) is 2.00. The number of aromatic nitrogens is 2. The highest BCUT2D eigenvalue weighted by Gasteiger charge is 2.24. The molecule has 1 aliphatic rings. The predicted octanol–water partition coefficient (Wildman–Crippen LogP) is 1.06. The number of hydrazine groups is 1. The van der Waals surface area contributed by atoms with Gasteiger partial charge in [0.2, 0.25) is 0 Å². The van der Waals surface area contributed by atoms with Crippen LogP contribution in [-0.4, -0.2) is 48.1 Å². The molecule has 18 heavy (non-hydrogen) atoms. The number of nitrogens with one attached hydrogen (secondary N) is 1. The van der Waals surface area contributed by atoms with E-state index >= 15 is 0 Å². The van der Waals surface area contributed by atoms with Gasteiger partial charge in [-0.15, -0.1) is 0 Å². The fraction of sp³-hybridized carbons (Fsp3) is 0.636. The van der Waals surface area contributed by atoms with Gasteiger partial charge in [0.25, 0.3) is 0 Å². The van der Waals surface area contributed by atoms with Gasteiger partial charge in [-0.25, -0.2) is 15.8 Å². The second-order valence-corrected chi connectivity index (χ2v) is 5.50. The number of nitrogens with two attached hydrogens (primary N) is 1. The minimum absolute atomic E-state index is 0.565. The van der Waals surface area contributed by atoms with Gasteiger partial charge in [0.15, 0.2) is 5.82 Å². The van der Waals surface area contributed by atoms with E-state index in [4.69, 9.17) is 5.84 Å². The van der Waals surface area contributed by atoms with Crippen molar-refractivity contribution >= 4 is 27.6 Å². The first-order chi connectivity index (χ1) is 8.63. The van der Waals surface area contributed by atoms with Crippen LogP contribution in [0.15, 0.2) is 10.8 Å². The average Bonchev–Trinajstić information content (AvgIpc) is 2.39. The monoisotopic (exact) mass is 314 g/mol. The highest BCUT2D eigenvalue weighted by molar-refractivity contribution is 9.10. The number of halogens is 1. The van der Waals surface area contributed by atoms with E-state index in [2.05, 4.69) is 55.2 Å². The Hall–Kier alpha value is -0.920. The normalized spacial score (nSPS) is 20.3. The molecule has 1 unspecified atom stereocenters. The largest absolute Gasteiger partial charge is 0.354 e. The number of nitrogens with zero attached hydrogens (tertiary/aromatic N) is 4. The van der Waals surface area contributed by atoms with Crippen LogP contribution in [0.25, 0.3) is 0 Å². The minimum atomic E-state index is 0.565. The van der Waals surface area contributed by atoms with E-state index in [0.29, 0.717) is 11.9 Å². The van der Waals surface area contributed by atoms with Gasteiger partial charge in [0.1, 0.15) is 16.6 Å². The number of anilines is 2. The van der Waals surface area contributed by atoms with E-state index in [-0.39, 0.29) is 0 Å². The van der Waals surface area contributed by atoms with Crippen LogP contribution in [0.2, 0.25) is 0 Å². The third-order valence-electron chi connectivity index (χ3n) is 3.33. The Morgan fingerprint density at radius 1 is 1.50 bits per heavy atom. The van der Waals surface area contributed by atoms with Crippen molar-refractivity contribution in [3.05, 3.63) is 10.8 Å². The van der Waals surface area contributed by atoms with Crippen molar-refractivity contribution in [2.24, 2.45) is 5.84 Å². The van der Waals surface area contributed by atoms with E-state index in [9.17, 15) is 0 Å². The molecule has 1 saturated heterocycles. The van der Waals surface area contributed by atoms with Crippen LogP contribution in [0, 0.1) is 0 Å². The molecule has 1 atom stereocenters. The first kappa shape index (κ1) is 13.5. The van der Waals surface area contributed by atoms with Crippen LogP contribution in [-0.2, 0) is 0 Å². The average molecular weight is 315 g/mol. The Morgan fingerprint density at radius 2 is 2.28 bits per heavy atom. The van der Waals surface area contributed by atoms with E-state index < -0.39 is 0 Å². The lowest BCUT2D eigenvalue weighted by atomic mass is 10.1. The van der Waals surface area contributed by atoms with Crippen LogP contribution in [0.4, 0.5) is 11.6 Å². The van der Waals surface area contributed by atoms with Crippen molar-refractivity contribution < 1.29 is 0 Å². The van der Waals surface area contributed by atoms with Gasteiger partial charge in [0, 0.05) is 19.1 Å². The molecule has 1 aliphatic heterocycles. The first-order valence-corrected chi connectivity index (χ1v) is 6.81. The molecule has 3 N–H and O–H groups in total. The number of hydrogen-bond donors (Lipinski definition) is 2. The highest BCUT2D eigenvalue weighted by atomic mass is 79.9. The van der Waals surface area contributed by atoms with Gasteiger partial charge < -0.3 is 15.2 Å². The summed E-state index contributed by atoms with van der Waals surface area (Å²) in [5.74, 6) is 6.95. The van der Waals surface area contributed by atoms with Crippen molar-refractivity contribution in [1.82, 2.24) is 14.9 Å². The molecule has 100 valence electrons. The maximum Gasteiger partial charge on any atom is 0.159 e. The van der Waals surface area contributed by atoms with Gasteiger partial charge in [-0.3, -0.25) is 0 Å². The Morgan fingerprint density at radius 3 is 2.94 bits per heavy atom. The third kappa shape index (κ3) is 2.73. The summed E-state index contributed by atoms with van der Waals surface area (Å²) in [5.41, 5.74) is 2.57. The van der Waals surface area contributed by atoms with Crippen LogP contribution in [0.3, 0.4) is 0 Å². The summed E-state index contributed by atoms with van der Waals surface area (Å²) < 4.78 is 0.826.